The number of amides is 1. The van der Waals surface area contributed by atoms with Crippen LogP contribution in [0.4, 0.5) is 0 Å². The van der Waals surface area contributed by atoms with Gasteiger partial charge in [0.25, 0.3) is 0 Å². The molecule has 1 unspecified atom stereocenters. The van der Waals surface area contributed by atoms with Gasteiger partial charge < -0.3 is 5.32 Å². The number of aromatic nitrogens is 2. The highest BCUT2D eigenvalue weighted by atomic mass is 16.1. The molecule has 0 aliphatic carbocycles. The van der Waals surface area contributed by atoms with Gasteiger partial charge in [-0.15, -0.1) is 0 Å². The predicted octanol–water partition coefficient (Wildman–Crippen LogP) is 2.76. The van der Waals surface area contributed by atoms with E-state index in [1.54, 1.807) is 10.9 Å². The van der Waals surface area contributed by atoms with E-state index < -0.39 is 0 Å². The van der Waals surface area contributed by atoms with E-state index in [1.807, 2.05) is 53.9 Å². The van der Waals surface area contributed by atoms with Crippen molar-refractivity contribution in [3.05, 3.63) is 18.5 Å². The lowest BCUT2D eigenvalue weighted by Gasteiger charge is -1.95. The molecule has 0 bridgehead atoms. The maximum atomic E-state index is 10.3. The molecule has 0 radical (unpaired) electrons. The van der Waals surface area contributed by atoms with E-state index >= 15 is 0 Å². The van der Waals surface area contributed by atoms with Gasteiger partial charge in [0.15, 0.2) is 0 Å². The van der Waals surface area contributed by atoms with Gasteiger partial charge in [-0.3, -0.25) is 9.48 Å². The van der Waals surface area contributed by atoms with Crippen molar-refractivity contribution in [3.63, 3.8) is 0 Å². The molecule has 1 fully saturated rings. The largest absolute Gasteiger partial charge is 0.354 e. The quantitative estimate of drug-likeness (QED) is 0.759. The monoisotopic (exact) mass is 241 g/mol. The van der Waals surface area contributed by atoms with E-state index in [0.29, 0.717) is 6.04 Å². The molecular formula is C13H27N3O. The summed E-state index contributed by atoms with van der Waals surface area (Å²) in [5.41, 5.74) is 0. The molecule has 1 N–H and O–H groups in total. The van der Waals surface area contributed by atoms with E-state index in [1.165, 1.54) is 0 Å². The Kier molecular flexibility index (Phi) is 13.5. The summed E-state index contributed by atoms with van der Waals surface area (Å²) in [7, 11) is 1.89. The second-order valence-corrected chi connectivity index (χ2v) is 3.19. The molecular weight excluding hydrogens is 214 g/mol. The molecule has 0 aromatic carbocycles. The first kappa shape index (κ1) is 18.1. The van der Waals surface area contributed by atoms with Crippen molar-refractivity contribution in [2.75, 3.05) is 0 Å². The Morgan fingerprint density at radius 1 is 1.35 bits per heavy atom. The predicted molar refractivity (Wildman–Crippen MR) is 72.7 cm³/mol. The molecule has 1 aromatic rings. The second kappa shape index (κ2) is 12.7. The highest BCUT2D eigenvalue weighted by molar-refractivity contribution is 5.78. The molecule has 0 saturated carbocycles. The Morgan fingerprint density at radius 2 is 1.94 bits per heavy atom. The van der Waals surface area contributed by atoms with Crippen LogP contribution in [0.25, 0.3) is 0 Å². The molecule has 1 amide bonds. The highest BCUT2D eigenvalue weighted by Gasteiger charge is 2.14. The minimum atomic E-state index is 0.201. The molecule has 1 saturated heterocycles. The van der Waals surface area contributed by atoms with Gasteiger partial charge in [0.1, 0.15) is 0 Å². The number of carbonyl (C=O) groups is 1. The fourth-order valence-electron chi connectivity index (χ4n) is 1.11. The van der Waals surface area contributed by atoms with Crippen LogP contribution < -0.4 is 5.32 Å². The summed E-state index contributed by atoms with van der Waals surface area (Å²) in [6.07, 6.45) is 5.38. The summed E-state index contributed by atoms with van der Waals surface area (Å²) in [5.74, 6) is 0.201. The maximum absolute atomic E-state index is 10.3. The van der Waals surface area contributed by atoms with Crippen LogP contribution in [0.1, 0.15) is 47.5 Å². The maximum Gasteiger partial charge on any atom is 0.220 e. The molecule has 0 spiro atoms. The van der Waals surface area contributed by atoms with Crippen LogP contribution in [-0.4, -0.2) is 21.7 Å². The number of hydrogen-bond donors (Lipinski definition) is 1. The van der Waals surface area contributed by atoms with E-state index in [2.05, 4.69) is 10.4 Å². The normalized spacial score (nSPS) is 16.4. The zero-order chi connectivity index (χ0) is 13.7. The van der Waals surface area contributed by atoms with Gasteiger partial charge in [0.2, 0.25) is 5.91 Å². The third-order valence-corrected chi connectivity index (χ3v) is 1.85. The lowest BCUT2D eigenvalue weighted by atomic mass is 10.3. The lowest BCUT2D eigenvalue weighted by molar-refractivity contribution is -0.119. The third-order valence-electron chi connectivity index (χ3n) is 1.85. The Morgan fingerprint density at radius 3 is 2.06 bits per heavy atom. The molecule has 17 heavy (non-hydrogen) atoms. The lowest BCUT2D eigenvalue weighted by Crippen LogP contribution is -2.21. The van der Waals surface area contributed by atoms with Crippen molar-refractivity contribution in [2.24, 2.45) is 7.05 Å². The van der Waals surface area contributed by atoms with Crippen LogP contribution in [-0.2, 0) is 11.8 Å². The van der Waals surface area contributed by atoms with Crippen molar-refractivity contribution >= 4 is 5.91 Å². The average Bonchev–Trinajstić information content (AvgIpc) is 2.97. The minimum absolute atomic E-state index is 0.201. The van der Waals surface area contributed by atoms with Crippen LogP contribution in [0.3, 0.4) is 0 Å². The van der Waals surface area contributed by atoms with Crippen molar-refractivity contribution < 1.29 is 4.79 Å². The van der Waals surface area contributed by atoms with E-state index in [-0.39, 0.29) is 5.91 Å². The van der Waals surface area contributed by atoms with Gasteiger partial charge in [-0.05, 0) is 19.4 Å². The van der Waals surface area contributed by atoms with Gasteiger partial charge in [-0.1, -0.05) is 27.7 Å². The van der Waals surface area contributed by atoms with Crippen molar-refractivity contribution in [1.82, 2.24) is 15.1 Å². The summed E-state index contributed by atoms with van der Waals surface area (Å²) < 4.78 is 1.75. The van der Waals surface area contributed by atoms with Crippen LogP contribution in [0.2, 0.25) is 0 Å². The molecule has 2 rings (SSSR count). The van der Waals surface area contributed by atoms with Gasteiger partial charge >= 0.3 is 0 Å². The topological polar surface area (TPSA) is 46.9 Å². The van der Waals surface area contributed by atoms with Crippen molar-refractivity contribution in [3.8, 4) is 0 Å². The fraction of sp³-hybridized carbons (Fsp3) is 0.692. The van der Waals surface area contributed by atoms with Crippen LogP contribution in [0, 0.1) is 0 Å². The van der Waals surface area contributed by atoms with Gasteiger partial charge in [-0.25, -0.2) is 0 Å². The average molecular weight is 241 g/mol. The third kappa shape index (κ3) is 11.0. The van der Waals surface area contributed by atoms with E-state index in [9.17, 15) is 4.79 Å². The Bertz CT molecular complexity index is 258. The van der Waals surface area contributed by atoms with Crippen LogP contribution in [0.5, 0.6) is 0 Å². The smallest absolute Gasteiger partial charge is 0.220 e. The standard InChI is InChI=1S/C5H9NO.C4H6N2.2C2H6/c1-4-2-3-5(7)6-4;1-6-4-2-3-5-6;2*1-2/h4H,2-3H2,1H3,(H,6,7);2-4H,1H3;2*1-2H3. The number of nitrogens with zero attached hydrogens (tertiary/aromatic N) is 2. The first-order chi connectivity index (χ1) is 8.18. The molecule has 100 valence electrons. The number of carbonyl (C=O) groups excluding carboxylic acids is 1. The van der Waals surface area contributed by atoms with Crippen LogP contribution >= 0.6 is 0 Å². The molecule has 1 aliphatic rings. The molecule has 1 aromatic heterocycles. The minimum Gasteiger partial charge on any atom is -0.354 e. The highest BCUT2D eigenvalue weighted by Crippen LogP contribution is 2.03. The summed E-state index contributed by atoms with van der Waals surface area (Å²) in [6.45, 7) is 10.0. The van der Waals surface area contributed by atoms with Gasteiger partial charge in [0.05, 0.1) is 0 Å². The molecule has 4 heteroatoms. The molecule has 1 atom stereocenters. The zero-order valence-corrected chi connectivity index (χ0v) is 12.0. The van der Waals surface area contributed by atoms with Crippen molar-refractivity contribution in [2.45, 2.75) is 53.5 Å². The number of nitrogens with one attached hydrogen (secondary N) is 1. The second-order valence-electron chi connectivity index (χ2n) is 3.19. The molecule has 1 aliphatic heterocycles. The summed E-state index contributed by atoms with van der Waals surface area (Å²) >= 11 is 0. The molecule has 4 nitrogen and oxygen atoms in total. The summed E-state index contributed by atoms with van der Waals surface area (Å²) in [6, 6.07) is 2.31. The van der Waals surface area contributed by atoms with Gasteiger partial charge in [-0.2, -0.15) is 5.10 Å². The van der Waals surface area contributed by atoms with E-state index in [4.69, 9.17) is 0 Å². The Labute approximate surface area is 105 Å². The Hall–Kier alpha value is -1.32. The zero-order valence-electron chi connectivity index (χ0n) is 12.0. The summed E-state index contributed by atoms with van der Waals surface area (Å²) in [4.78, 5) is 10.3. The first-order valence-corrected chi connectivity index (χ1v) is 6.41. The Balaban J connectivity index is 0. The van der Waals surface area contributed by atoms with Crippen molar-refractivity contribution in [1.29, 1.82) is 0 Å². The van der Waals surface area contributed by atoms with Crippen LogP contribution in [0.15, 0.2) is 18.5 Å². The molecule has 2 heterocycles. The summed E-state index contributed by atoms with van der Waals surface area (Å²) in [5, 5.41) is 6.61. The fourth-order valence-corrected chi connectivity index (χ4v) is 1.11. The first-order valence-electron chi connectivity index (χ1n) is 6.41. The number of rotatable bonds is 0. The van der Waals surface area contributed by atoms with Gasteiger partial charge in [0, 0.05) is 31.9 Å². The van der Waals surface area contributed by atoms with E-state index in [0.717, 1.165) is 12.8 Å². The number of aryl methyl sites for hydroxylation is 1. The number of hydrogen-bond acceptors (Lipinski definition) is 2. The SMILES string of the molecule is CC.CC.CC1CCC(=O)N1.Cn1cccn1.